The number of carbonyl (C=O) groups is 1. The average molecular weight is 477 g/mol. The lowest BCUT2D eigenvalue weighted by Crippen LogP contribution is -2.58. The van der Waals surface area contributed by atoms with E-state index in [4.69, 9.17) is 11.6 Å². The lowest BCUT2D eigenvalue weighted by atomic mass is 9.71. The van der Waals surface area contributed by atoms with E-state index in [1.807, 2.05) is 30.3 Å². The highest BCUT2D eigenvalue weighted by molar-refractivity contribution is 7.89. The van der Waals surface area contributed by atoms with E-state index < -0.39 is 21.7 Å². The van der Waals surface area contributed by atoms with Gasteiger partial charge in [-0.2, -0.15) is 4.72 Å². The van der Waals surface area contributed by atoms with Crippen LogP contribution in [-0.4, -0.2) is 49.1 Å². The van der Waals surface area contributed by atoms with Crippen molar-refractivity contribution in [3.8, 4) is 0 Å². The molecular formula is C24H29ClN2O4S. The highest BCUT2D eigenvalue weighted by atomic mass is 35.5. The Morgan fingerprint density at radius 1 is 1.12 bits per heavy atom. The van der Waals surface area contributed by atoms with Crippen molar-refractivity contribution in [1.29, 1.82) is 0 Å². The number of benzene rings is 2. The molecule has 0 unspecified atom stereocenters. The first-order valence-electron chi connectivity index (χ1n) is 11.1. The number of hydrogen-bond donors (Lipinski definition) is 2. The van der Waals surface area contributed by atoms with Crippen molar-refractivity contribution in [3.05, 3.63) is 65.2 Å². The van der Waals surface area contributed by atoms with Crippen molar-refractivity contribution in [2.45, 2.75) is 55.1 Å². The van der Waals surface area contributed by atoms with Gasteiger partial charge in [0.1, 0.15) is 6.04 Å². The Hall–Kier alpha value is -1.93. The minimum Gasteiger partial charge on any atom is -0.389 e. The number of halogens is 1. The van der Waals surface area contributed by atoms with Crippen LogP contribution in [-0.2, 0) is 21.2 Å². The molecule has 0 spiro atoms. The Morgan fingerprint density at radius 3 is 2.56 bits per heavy atom. The summed E-state index contributed by atoms with van der Waals surface area (Å²) in [6.45, 7) is 0.892. The van der Waals surface area contributed by atoms with Crippen LogP contribution < -0.4 is 4.72 Å². The highest BCUT2D eigenvalue weighted by Gasteiger charge is 2.44. The largest absolute Gasteiger partial charge is 0.389 e. The molecule has 172 valence electrons. The van der Waals surface area contributed by atoms with Gasteiger partial charge in [0.25, 0.3) is 0 Å². The zero-order valence-corrected chi connectivity index (χ0v) is 19.5. The molecule has 1 aliphatic heterocycles. The monoisotopic (exact) mass is 476 g/mol. The van der Waals surface area contributed by atoms with Crippen LogP contribution in [0.4, 0.5) is 0 Å². The van der Waals surface area contributed by atoms with Crippen LogP contribution in [0, 0.1) is 5.92 Å². The van der Waals surface area contributed by atoms with E-state index in [0.29, 0.717) is 24.5 Å². The topological polar surface area (TPSA) is 86.7 Å². The zero-order valence-electron chi connectivity index (χ0n) is 17.9. The van der Waals surface area contributed by atoms with Crippen molar-refractivity contribution >= 4 is 27.5 Å². The number of sulfonamides is 1. The van der Waals surface area contributed by atoms with Crippen molar-refractivity contribution in [2.75, 3.05) is 13.1 Å². The summed E-state index contributed by atoms with van der Waals surface area (Å²) in [5.74, 6) is -0.210. The van der Waals surface area contributed by atoms with Crippen LogP contribution in [0.15, 0.2) is 59.5 Å². The van der Waals surface area contributed by atoms with Gasteiger partial charge in [-0.25, -0.2) is 8.42 Å². The van der Waals surface area contributed by atoms with Crippen molar-refractivity contribution in [3.63, 3.8) is 0 Å². The van der Waals surface area contributed by atoms with Gasteiger partial charge in [0.2, 0.25) is 15.9 Å². The standard InChI is InChI=1S/C24H29ClN2O4S/c25-20-9-11-21(12-10-20)32(30,31)26-22(16-18-6-2-1-3-7-18)23(28)27-15-14-24(29)13-5-4-8-19(24)17-27/h1-3,6-7,9-12,19,22,26,29H,4-5,8,13-17H2/t19-,22-,24+/m0/s1. The number of likely N-dealkylation sites (tertiary alicyclic amines) is 1. The molecule has 0 radical (unpaired) electrons. The van der Waals surface area contributed by atoms with Gasteiger partial charge in [-0.3, -0.25) is 4.79 Å². The van der Waals surface area contributed by atoms with Crippen LogP contribution in [0.1, 0.15) is 37.7 Å². The Bertz CT molecular complexity index is 1050. The van der Waals surface area contributed by atoms with Crippen LogP contribution in [0.2, 0.25) is 5.02 Å². The molecule has 6 nitrogen and oxygen atoms in total. The minimum absolute atomic E-state index is 0.0409. The lowest BCUT2D eigenvalue weighted by molar-refractivity contribution is -0.145. The van der Waals surface area contributed by atoms with Gasteiger partial charge in [0.05, 0.1) is 10.5 Å². The second-order valence-electron chi connectivity index (χ2n) is 8.90. The number of hydrogen-bond acceptors (Lipinski definition) is 4. The number of fused-ring (bicyclic) bond motifs is 1. The second kappa shape index (κ2) is 9.51. The molecule has 2 N–H and O–H groups in total. The first-order chi connectivity index (χ1) is 15.3. The molecule has 2 aromatic carbocycles. The number of amides is 1. The molecule has 2 aliphatic rings. The minimum atomic E-state index is -3.92. The van der Waals surface area contributed by atoms with Gasteiger partial charge in [-0.1, -0.05) is 54.8 Å². The Labute approximate surface area is 194 Å². The van der Waals surface area contributed by atoms with Gasteiger partial charge in [-0.15, -0.1) is 0 Å². The fourth-order valence-corrected chi connectivity index (χ4v) is 6.20. The highest BCUT2D eigenvalue weighted by Crippen LogP contribution is 2.40. The predicted molar refractivity (Wildman–Crippen MR) is 124 cm³/mol. The summed E-state index contributed by atoms with van der Waals surface area (Å²) in [6.07, 6.45) is 4.50. The van der Waals surface area contributed by atoms with Crippen LogP contribution >= 0.6 is 11.6 Å². The molecule has 2 fully saturated rings. The second-order valence-corrected chi connectivity index (χ2v) is 11.0. The summed E-state index contributed by atoms with van der Waals surface area (Å²) in [4.78, 5) is 15.3. The summed E-state index contributed by atoms with van der Waals surface area (Å²) < 4.78 is 28.7. The molecule has 0 aromatic heterocycles. The number of aliphatic hydroxyl groups is 1. The van der Waals surface area contributed by atoms with Gasteiger partial charge < -0.3 is 10.0 Å². The van der Waals surface area contributed by atoms with Crippen LogP contribution in [0.25, 0.3) is 0 Å². The third-order valence-corrected chi connectivity index (χ3v) is 8.48. The molecule has 3 atom stereocenters. The Balaban J connectivity index is 1.56. The van der Waals surface area contributed by atoms with Crippen LogP contribution in [0.3, 0.4) is 0 Å². The smallest absolute Gasteiger partial charge is 0.241 e. The fraction of sp³-hybridized carbons (Fsp3) is 0.458. The van der Waals surface area contributed by atoms with Gasteiger partial charge in [0, 0.05) is 24.0 Å². The average Bonchev–Trinajstić information content (AvgIpc) is 2.78. The molecule has 1 amide bonds. The SMILES string of the molecule is O=C([C@H](Cc1ccccc1)NS(=O)(=O)c1ccc(Cl)cc1)N1CC[C@]2(O)CCCC[C@H]2C1. The first-order valence-corrected chi connectivity index (χ1v) is 13.0. The maximum Gasteiger partial charge on any atom is 0.241 e. The normalized spacial score (nSPS) is 24.6. The zero-order chi connectivity index (χ0) is 22.8. The summed E-state index contributed by atoms with van der Waals surface area (Å²) in [7, 11) is -3.92. The molecular weight excluding hydrogens is 448 g/mol. The molecule has 2 aromatic rings. The van der Waals surface area contributed by atoms with E-state index in [1.165, 1.54) is 24.3 Å². The number of nitrogens with one attached hydrogen (secondary N) is 1. The summed E-state index contributed by atoms with van der Waals surface area (Å²) in [5, 5.41) is 11.4. The number of rotatable bonds is 6. The van der Waals surface area contributed by atoms with E-state index in [1.54, 1.807) is 4.90 Å². The lowest BCUT2D eigenvalue weighted by Gasteiger charge is -2.48. The fourth-order valence-electron chi connectivity index (χ4n) is 4.89. The Kier molecular flexibility index (Phi) is 6.91. The first kappa shape index (κ1) is 23.2. The molecule has 0 bridgehead atoms. The third-order valence-electron chi connectivity index (χ3n) is 6.74. The molecule has 4 rings (SSSR count). The molecule has 32 heavy (non-hydrogen) atoms. The van der Waals surface area contributed by atoms with Crippen molar-refractivity contribution < 1.29 is 18.3 Å². The van der Waals surface area contributed by atoms with Gasteiger partial charge >= 0.3 is 0 Å². The molecule has 1 saturated heterocycles. The summed E-state index contributed by atoms with van der Waals surface area (Å²) in [5.41, 5.74) is 0.170. The quantitative estimate of drug-likeness (QED) is 0.669. The van der Waals surface area contributed by atoms with Gasteiger partial charge in [0.15, 0.2) is 0 Å². The Morgan fingerprint density at radius 2 is 1.84 bits per heavy atom. The van der Waals surface area contributed by atoms with E-state index in [2.05, 4.69) is 4.72 Å². The molecule has 1 saturated carbocycles. The van der Waals surface area contributed by atoms with Gasteiger partial charge in [-0.05, 0) is 55.5 Å². The number of nitrogens with zero attached hydrogens (tertiary/aromatic N) is 1. The maximum atomic E-state index is 13.5. The molecule has 8 heteroatoms. The third kappa shape index (κ3) is 5.17. The van der Waals surface area contributed by atoms with Crippen molar-refractivity contribution in [2.24, 2.45) is 5.92 Å². The van der Waals surface area contributed by atoms with E-state index in [-0.39, 0.29) is 23.1 Å². The predicted octanol–water partition coefficient (Wildman–Crippen LogP) is 3.38. The summed E-state index contributed by atoms with van der Waals surface area (Å²) in [6, 6.07) is 14.3. The maximum absolute atomic E-state index is 13.5. The van der Waals surface area contributed by atoms with Crippen LogP contribution in [0.5, 0.6) is 0 Å². The molecule has 1 heterocycles. The molecule has 1 aliphatic carbocycles. The van der Waals surface area contributed by atoms with E-state index >= 15 is 0 Å². The van der Waals surface area contributed by atoms with Crippen molar-refractivity contribution in [1.82, 2.24) is 9.62 Å². The number of piperidine rings is 1. The number of carbonyl (C=O) groups excluding carboxylic acids is 1. The summed E-state index contributed by atoms with van der Waals surface area (Å²) >= 11 is 5.90. The van der Waals surface area contributed by atoms with E-state index in [9.17, 15) is 18.3 Å². The van der Waals surface area contributed by atoms with E-state index in [0.717, 1.165) is 31.2 Å².